The molecule has 0 aliphatic heterocycles. The van der Waals surface area contributed by atoms with Gasteiger partial charge >= 0.3 is 0 Å². The van der Waals surface area contributed by atoms with E-state index in [1.165, 1.54) is 24.5 Å². The van der Waals surface area contributed by atoms with Crippen LogP contribution in [0, 0.1) is 5.82 Å². The van der Waals surface area contributed by atoms with Crippen molar-refractivity contribution in [1.29, 1.82) is 0 Å². The number of benzene rings is 2. The molecule has 2 aromatic carbocycles. The summed E-state index contributed by atoms with van der Waals surface area (Å²) in [5, 5.41) is 11.5. The second-order valence-corrected chi connectivity index (χ2v) is 9.07. The lowest BCUT2D eigenvalue weighted by Gasteiger charge is -2.11. The number of hydrogen-bond acceptors (Lipinski definition) is 8. The van der Waals surface area contributed by atoms with Crippen LogP contribution >= 0.6 is 11.3 Å². The number of halogens is 1. The molecule has 2 aromatic heterocycles. The van der Waals surface area contributed by atoms with Gasteiger partial charge in [0.05, 0.1) is 30.7 Å². The molecule has 2 heterocycles. The first-order valence-corrected chi connectivity index (χ1v) is 12.5. The number of aliphatic hydroxyl groups is 1. The molecule has 1 N–H and O–H groups in total. The fourth-order valence-electron chi connectivity index (χ4n) is 3.97. The van der Waals surface area contributed by atoms with Gasteiger partial charge in [0.15, 0.2) is 23.1 Å². The Morgan fingerprint density at radius 3 is 2.59 bits per heavy atom. The van der Waals surface area contributed by atoms with Crippen LogP contribution in [0.15, 0.2) is 53.9 Å². The molecule has 4 rings (SSSR count). The average Bonchev–Trinajstić information content (AvgIpc) is 3.36. The third kappa shape index (κ3) is 5.85. The van der Waals surface area contributed by atoms with Crippen molar-refractivity contribution in [1.82, 2.24) is 4.98 Å². The third-order valence-electron chi connectivity index (χ3n) is 5.78. The Kier molecular flexibility index (Phi) is 8.60. The highest BCUT2D eigenvalue weighted by molar-refractivity contribution is 7.17. The second-order valence-electron chi connectivity index (χ2n) is 8.19. The van der Waals surface area contributed by atoms with E-state index in [-0.39, 0.29) is 55.7 Å². The Morgan fingerprint density at radius 2 is 1.84 bits per heavy atom. The van der Waals surface area contributed by atoms with E-state index >= 15 is 0 Å². The molecule has 37 heavy (non-hydrogen) atoms. The summed E-state index contributed by atoms with van der Waals surface area (Å²) in [5.41, 5.74) is 2.67. The molecule has 0 atom stereocenters. The first-order chi connectivity index (χ1) is 18.0. The molecule has 0 fully saturated rings. The molecular formula is C28H26FNO6S. The lowest BCUT2D eigenvalue weighted by molar-refractivity contribution is 0.0914. The molecule has 4 aromatic rings. The number of thiophene rings is 1. The molecule has 0 aliphatic rings. The maximum Gasteiger partial charge on any atom is 0.181 e. The number of fused-ring (bicyclic) bond motifs is 1. The zero-order chi connectivity index (χ0) is 26.4. The Labute approximate surface area is 217 Å². The predicted octanol–water partition coefficient (Wildman–Crippen LogP) is 5.47. The molecule has 0 amide bonds. The van der Waals surface area contributed by atoms with E-state index in [1.54, 1.807) is 43.5 Å². The van der Waals surface area contributed by atoms with Gasteiger partial charge in [0.1, 0.15) is 18.1 Å². The van der Waals surface area contributed by atoms with Crippen LogP contribution in [-0.2, 0) is 11.3 Å². The molecule has 0 radical (unpaired) electrons. The minimum absolute atomic E-state index is 0.0116. The predicted molar refractivity (Wildman–Crippen MR) is 139 cm³/mol. The molecule has 0 saturated carbocycles. The maximum absolute atomic E-state index is 14.3. The number of aromatic nitrogens is 1. The number of Topliss-reactive ketones (excluding diaryl/α,β-unsaturated/α-hetero) is 2. The van der Waals surface area contributed by atoms with Gasteiger partial charge < -0.3 is 19.3 Å². The monoisotopic (exact) mass is 523 g/mol. The minimum Gasteiger partial charge on any atom is -0.493 e. The lowest BCUT2D eigenvalue weighted by Crippen LogP contribution is -2.09. The quantitative estimate of drug-likeness (QED) is 0.246. The highest BCUT2D eigenvalue weighted by Gasteiger charge is 2.19. The van der Waals surface area contributed by atoms with Crippen molar-refractivity contribution in [2.75, 3.05) is 27.4 Å². The molecule has 0 unspecified atom stereocenters. The number of methoxy groups -OCH3 is 2. The SMILES string of the molecule is COCc1ccc(C(=O)CCC(=O)c2ccc(OCCO)c(OC)c2)nc1-c1csc2c(F)cccc12. The van der Waals surface area contributed by atoms with Crippen molar-refractivity contribution in [3.8, 4) is 22.8 Å². The number of ether oxygens (including phenoxy) is 3. The van der Waals surface area contributed by atoms with Crippen LogP contribution in [0.4, 0.5) is 4.39 Å². The minimum atomic E-state index is -0.308. The maximum atomic E-state index is 14.3. The van der Waals surface area contributed by atoms with Crippen molar-refractivity contribution in [2.45, 2.75) is 19.4 Å². The third-order valence-corrected chi connectivity index (χ3v) is 6.79. The van der Waals surface area contributed by atoms with Crippen LogP contribution < -0.4 is 9.47 Å². The van der Waals surface area contributed by atoms with Gasteiger partial charge in [0, 0.05) is 47.4 Å². The van der Waals surface area contributed by atoms with Crippen molar-refractivity contribution in [2.24, 2.45) is 0 Å². The standard InChI is InChI=1S/C28H26FNO6S/c1-34-15-18-6-8-22(30-27(18)20-16-37-28-19(20)4-3-5-21(28)29)24(33)10-9-23(32)17-7-11-25(36-13-12-31)26(14-17)35-2/h3-8,11,14,16,31H,9-10,12-13,15H2,1-2H3. The van der Waals surface area contributed by atoms with Gasteiger partial charge in [-0.15, -0.1) is 11.3 Å². The van der Waals surface area contributed by atoms with Crippen LogP contribution in [0.2, 0.25) is 0 Å². The summed E-state index contributed by atoms with van der Waals surface area (Å²) < 4.78 is 30.8. The van der Waals surface area contributed by atoms with Gasteiger partial charge in [-0.1, -0.05) is 18.2 Å². The molecule has 9 heteroatoms. The Morgan fingerprint density at radius 1 is 1.03 bits per heavy atom. The number of pyridine rings is 1. The summed E-state index contributed by atoms with van der Waals surface area (Å²) in [5.74, 6) is -0.0320. The van der Waals surface area contributed by atoms with Gasteiger partial charge in [-0.05, 0) is 30.3 Å². The van der Waals surface area contributed by atoms with E-state index < -0.39 is 0 Å². The number of rotatable bonds is 12. The van der Waals surface area contributed by atoms with Crippen molar-refractivity contribution in [3.63, 3.8) is 0 Å². The number of aliphatic hydroxyl groups excluding tert-OH is 1. The second kappa shape index (κ2) is 12.1. The molecule has 0 spiro atoms. The van der Waals surface area contributed by atoms with E-state index in [0.717, 1.165) is 16.5 Å². The van der Waals surface area contributed by atoms with Crippen LogP contribution in [0.25, 0.3) is 21.3 Å². The van der Waals surface area contributed by atoms with Gasteiger partial charge in [-0.25, -0.2) is 9.37 Å². The van der Waals surface area contributed by atoms with Crippen molar-refractivity contribution >= 4 is 33.0 Å². The van der Waals surface area contributed by atoms with E-state index in [2.05, 4.69) is 4.98 Å². The normalized spacial score (nSPS) is 11.0. The fraction of sp³-hybridized carbons (Fsp3) is 0.250. The Bertz CT molecular complexity index is 1430. The van der Waals surface area contributed by atoms with Crippen molar-refractivity contribution in [3.05, 3.63) is 76.5 Å². The van der Waals surface area contributed by atoms with Crippen LogP contribution in [-0.4, -0.2) is 49.1 Å². The average molecular weight is 524 g/mol. The van der Waals surface area contributed by atoms with E-state index in [9.17, 15) is 14.0 Å². The molecular weight excluding hydrogens is 497 g/mol. The van der Waals surface area contributed by atoms with E-state index in [4.69, 9.17) is 19.3 Å². The molecule has 0 aliphatic carbocycles. The van der Waals surface area contributed by atoms with E-state index in [0.29, 0.717) is 27.5 Å². The van der Waals surface area contributed by atoms with E-state index in [1.807, 2.05) is 11.4 Å². The van der Waals surface area contributed by atoms with Gasteiger partial charge in [-0.3, -0.25) is 9.59 Å². The summed E-state index contributed by atoms with van der Waals surface area (Å²) in [4.78, 5) is 30.4. The summed E-state index contributed by atoms with van der Waals surface area (Å²) in [7, 11) is 3.03. The Balaban J connectivity index is 1.54. The molecule has 7 nitrogen and oxygen atoms in total. The summed E-state index contributed by atoms with van der Waals surface area (Å²) >= 11 is 1.28. The summed E-state index contributed by atoms with van der Waals surface area (Å²) in [6.45, 7) is 0.238. The van der Waals surface area contributed by atoms with Crippen LogP contribution in [0.1, 0.15) is 39.3 Å². The van der Waals surface area contributed by atoms with Gasteiger partial charge in [0.25, 0.3) is 0 Å². The van der Waals surface area contributed by atoms with Crippen molar-refractivity contribution < 1.29 is 33.3 Å². The summed E-state index contributed by atoms with van der Waals surface area (Å²) in [6.07, 6.45) is -0.0404. The number of carbonyl (C=O) groups excluding carboxylic acids is 2. The molecule has 0 saturated heterocycles. The van der Waals surface area contributed by atoms with Gasteiger partial charge in [0.2, 0.25) is 0 Å². The number of ketones is 2. The van der Waals surface area contributed by atoms with Gasteiger partial charge in [-0.2, -0.15) is 0 Å². The fourth-order valence-corrected chi connectivity index (χ4v) is 4.93. The first-order valence-electron chi connectivity index (χ1n) is 11.6. The summed E-state index contributed by atoms with van der Waals surface area (Å²) in [6, 6.07) is 13.0. The largest absolute Gasteiger partial charge is 0.493 e. The molecule has 192 valence electrons. The number of carbonyl (C=O) groups is 2. The van der Waals surface area contributed by atoms with Crippen LogP contribution in [0.5, 0.6) is 11.5 Å². The van der Waals surface area contributed by atoms with Crippen LogP contribution in [0.3, 0.4) is 0 Å². The Hall–Kier alpha value is -3.66. The number of hydrogen-bond donors (Lipinski definition) is 1. The highest BCUT2D eigenvalue weighted by atomic mass is 32.1. The smallest absolute Gasteiger partial charge is 0.181 e. The zero-order valence-corrected chi connectivity index (χ0v) is 21.3. The topological polar surface area (TPSA) is 95.0 Å². The zero-order valence-electron chi connectivity index (χ0n) is 20.5. The lowest BCUT2D eigenvalue weighted by atomic mass is 10.0. The first kappa shape index (κ1) is 26.4. The number of nitrogens with zero attached hydrogens (tertiary/aromatic N) is 1. The highest BCUT2D eigenvalue weighted by Crippen LogP contribution is 2.36. The molecule has 0 bridgehead atoms.